The molecule has 1 heterocycles. The lowest BCUT2D eigenvalue weighted by Crippen LogP contribution is -2.31. The third-order valence-electron chi connectivity index (χ3n) is 2.24. The van der Waals surface area contributed by atoms with Crippen molar-refractivity contribution in [1.29, 1.82) is 0 Å². The molecule has 1 aliphatic rings. The summed E-state index contributed by atoms with van der Waals surface area (Å²) >= 11 is 3.22. The van der Waals surface area contributed by atoms with Crippen LogP contribution in [0.2, 0.25) is 0 Å². The highest BCUT2D eigenvalue weighted by Crippen LogP contribution is 2.15. The first-order valence-electron chi connectivity index (χ1n) is 4.69. The lowest BCUT2D eigenvalue weighted by Gasteiger charge is -2.09. The molecule has 1 amide bonds. The van der Waals surface area contributed by atoms with E-state index in [1.54, 1.807) is 0 Å². The summed E-state index contributed by atoms with van der Waals surface area (Å²) in [5.74, 6) is 0.713. The van der Waals surface area contributed by atoms with E-state index in [2.05, 4.69) is 21.2 Å². The van der Waals surface area contributed by atoms with Crippen molar-refractivity contribution in [3.8, 4) is 0 Å². The minimum atomic E-state index is -0.0904. The molecule has 0 spiro atoms. The minimum absolute atomic E-state index is 0.0684. The molecule has 0 saturated carbocycles. The van der Waals surface area contributed by atoms with Crippen LogP contribution in [0.15, 0.2) is 0 Å². The molecule has 2 atom stereocenters. The van der Waals surface area contributed by atoms with Crippen LogP contribution < -0.4 is 5.32 Å². The second-order valence-electron chi connectivity index (χ2n) is 3.43. The Morgan fingerprint density at radius 2 is 2.54 bits per heavy atom. The smallest absolute Gasteiger partial charge is 0.233 e. The van der Waals surface area contributed by atoms with Gasteiger partial charge < -0.3 is 10.1 Å². The van der Waals surface area contributed by atoms with Crippen molar-refractivity contribution in [2.75, 3.05) is 19.8 Å². The van der Waals surface area contributed by atoms with Gasteiger partial charge in [0, 0.05) is 19.8 Å². The average molecular weight is 250 g/mol. The van der Waals surface area contributed by atoms with Crippen LogP contribution in [-0.2, 0) is 9.53 Å². The number of nitrogens with one attached hydrogen (secondary N) is 1. The van der Waals surface area contributed by atoms with Gasteiger partial charge in [-0.2, -0.15) is 0 Å². The van der Waals surface area contributed by atoms with Crippen molar-refractivity contribution in [2.45, 2.75) is 24.6 Å². The van der Waals surface area contributed by atoms with Gasteiger partial charge in [0.05, 0.1) is 4.83 Å². The molecule has 2 unspecified atom stereocenters. The summed E-state index contributed by atoms with van der Waals surface area (Å²) in [4.78, 5) is 11.0. The number of alkyl halides is 1. The van der Waals surface area contributed by atoms with Crippen LogP contribution in [0.3, 0.4) is 0 Å². The van der Waals surface area contributed by atoms with Gasteiger partial charge in [0.25, 0.3) is 0 Å². The van der Waals surface area contributed by atoms with Crippen molar-refractivity contribution in [3.05, 3.63) is 0 Å². The molecular formula is C9H16BrNO2. The van der Waals surface area contributed by atoms with E-state index in [-0.39, 0.29) is 10.7 Å². The van der Waals surface area contributed by atoms with Crippen molar-refractivity contribution >= 4 is 21.8 Å². The van der Waals surface area contributed by atoms with E-state index in [1.165, 1.54) is 0 Å². The van der Waals surface area contributed by atoms with Crippen LogP contribution in [0, 0.1) is 5.92 Å². The molecule has 1 N–H and O–H groups in total. The second kappa shape index (κ2) is 5.60. The number of halogens is 1. The molecule has 1 saturated heterocycles. The molecule has 3 nitrogen and oxygen atoms in total. The molecule has 0 aromatic rings. The van der Waals surface area contributed by atoms with Gasteiger partial charge >= 0.3 is 0 Å². The first kappa shape index (κ1) is 11.0. The number of amides is 1. The molecule has 76 valence electrons. The number of carbonyl (C=O) groups is 1. The summed E-state index contributed by atoms with van der Waals surface area (Å²) in [7, 11) is 0. The van der Waals surface area contributed by atoms with Crippen LogP contribution in [-0.4, -0.2) is 30.5 Å². The van der Waals surface area contributed by atoms with Gasteiger partial charge in [0.2, 0.25) is 5.91 Å². The maximum absolute atomic E-state index is 11.1. The molecule has 0 bridgehead atoms. The van der Waals surface area contributed by atoms with Crippen molar-refractivity contribution in [1.82, 2.24) is 5.32 Å². The number of carbonyl (C=O) groups excluding carboxylic acids is 1. The Bertz CT molecular complexity index is 167. The Hall–Kier alpha value is -0.0900. The number of rotatable bonds is 4. The molecule has 13 heavy (non-hydrogen) atoms. The van der Waals surface area contributed by atoms with E-state index < -0.39 is 0 Å². The normalized spacial score (nSPS) is 24.3. The summed E-state index contributed by atoms with van der Waals surface area (Å²) in [6.07, 6.45) is 2.17. The van der Waals surface area contributed by atoms with Crippen LogP contribution in [0.1, 0.15) is 19.8 Å². The highest BCUT2D eigenvalue weighted by molar-refractivity contribution is 9.10. The zero-order valence-corrected chi connectivity index (χ0v) is 9.47. The summed E-state index contributed by atoms with van der Waals surface area (Å²) in [5.41, 5.74) is 0. The zero-order chi connectivity index (χ0) is 9.68. The maximum atomic E-state index is 11.1. The fraction of sp³-hybridized carbons (Fsp3) is 0.889. The quantitative estimate of drug-likeness (QED) is 0.764. The van der Waals surface area contributed by atoms with Crippen LogP contribution >= 0.6 is 15.9 Å². The monoisotopic (exact) mass is 249 g/mol. The lowest BCUT2D eigenvalue weighted by molar-refractivity contribution is -0.120. The summed E-state index contributed by atoms with van der Waals surface area (Å²) in [6.45, 7) is 4.34. The standard InChI is InChI=1S/C9H16BrNO2/c1-7(10)9(12)11-4-2-8-3-5-13-6-8/h7-8H,2-6H2,1H3,(H,11,12). The van der Waals surface area contributed by atoms with Gasteiger partial charge in [-0.3, -0.25) is 4.79 Å². The van der Waals surface area contributed by atoms with Gasteiger partial charge in [0.15, 0.2) is 0 Å². The Kier molecular flexibility index (Phi) is 4.73. The van der Waals surface area contributed by atoms with Gasteiger partial charge in [0.1, 0.15) is 0 Å². The van der Waals surface area contributed by atoms with Gasteiger partial charge in [-0.25, -0.2) is 0 Å². The Morgan fingerprint density at radius 3 is 3.08 bits per heavy atom. The Labute approximate surface area is 87.3 Å². The molecule has 1 aliphatic heterocycles. The highest BCUT2D eigenvalue weighted by atomic mass is 79.9. The average Bonchev–Trinajstić information content (AvgIpc) is 2.56. The summed E-state index contributed by atoms with van der Waals surface area (Å²) < 4.78 is 5.24. The third-order valence-corrected chi connectivity index (χ3v) is 2.65. The van der Waals surface area contributed by atoms with Crippen LogP contribution in [0.4, 0.5) is 0 Å². The molecule has 1 rings (SSSR count). The van der Waals surface area contributed by atoms with E-state index in [1.807, 2.05) is 6.92 Å². The molecule has 4 heteroatoms. The molecular weight excluding hydrogens is 234 g/mol. The second-order valence-corrected chi connectivity index (χ2v) is 4.80. The molecule has 0 radical (unpaired) electrons. The molecule has 0 aromatic carbocycles. The lowest BCUT2D eigenvalue weighted by atomic mass is 10.1. The summed E-state index contributed by atoms with van der Waals surface area (Å²) in [6, 6.07) is 0. The Morgan fingerprint density at radius 1 is 1.77 bits per heavy atom. The topological polar surface area (TPSA) is 38.3 Å². The molecule has 0 aromatic heterocycles. The van der Waals surface area contributed by atoms with Gasteiger partial charge in [-0.05, 0) is 25.7 Å². The van der Waals surface area contributed by atoms with E-state index in [0.717, 1.165) is 32.6 Å². The van der Waals surface area contributed by atoms with E-state index >= 15 is 0 Å². The Balaban J connectivity index is 2.03. The number of hydrogen-bond acceptors (Lipinski definition) is 2. The number of hydrogen-bond donors (Lipinski definition) is 1. The predicted molar refractivity (Wildman–Crippen MR) is 54.9 cm³/mol. The van der Waals surface area contributed by atoms with Gasteiger partial charge in [-0.15, -0.1) is 0 Å². The first-order valence-corrected chi connectivity index (χ1v) is 5.61. The van der Waals surface area contributed by atoms with Gasteiger partial charge in [-0.1, -0.05) is 15.9 Å². The fourth-order valence-electron chi connectivity index (χ4n) is 1.35. The van der Waals surface area contributed by atoms with E-state index in [9.17, 15) is 4.79 Å². The van der Waals surface area contributed by atoms with Crippen molar-refractivity contribution < 1.29 is 9.53 Å². The van der Waals surface area contributed by atoms with Crippen LogP contribution in [0.25, 0.3) is 0 Å². The maximum Gasteiger partial charge on any atom is 0.233 e. The third kappa shape index (κ3) is 4.09. The minimum Gasteiger partial charge on any atom is -0.381 e. The zero-order valence-electron chi connectivity index (χ0n) is 7.88. The van der Waals surface area contributed by atoms with E-state index in [4.69, 9.17) is 4.74 Å². The highest BCUT2D eigenvalue weighted by Gasteiger charge is 2.15. The number of ether oxygens (including phenoxy) is 1. The largest absolute Gasteiger partial charge is 0.381 e. The van der Waals surface area contributed by atoms with Crippen molar-refractivity contribution in [2.24, 2.45) is 5.92 Å². The SMILES string of the molecule is CC(Br)C(=O)NCCC1CCOC1. The first-order chi connectivity index (χ1) is 6.20. The molecule has 1 fully saturated rings. The van der Waals surface area contributed by atoms with Crippen LogP contribution in [0.5, 0.6) is 0 Å². The summed E-state index contributed by atoms with van der Waals surface area (Å²) in [5, 5.41) is 2.87. The van der Waals surface area contributed by atoms with Crippen molar-refractivity contribution in [3.63, 3.8) is 0 Å². The van der Waals surface area contributed by atoms with E-state index in [0.29, 0.717) is 5.92 Å². The molecule has 0 aliphatic carbocycles. The fourth-order valence-corrected chi connectivity index (χ4v) is 1.51. The predicted octanol–water partition coefficient (Wildman–Crippen LogP) is 1.31.